The molecule has 1 unspecified atom stereocenters. The van der Waals surface area contributed by atoms with E-state index in [1.165, 1.54) is 0 Å². The fourth-order valence-electron chi connectivity index (χ4n) is 2.87. The van der Waals surface area contributed by atoms with Gasteiger partial charge in [0, 0.05) is 47.2 Å². The van der Waals surface area contributed by atoms with Crippen molar-refractivity contribution in [3.8, 4) is 0 Å². The molecule has 0 amide bonds. The third-order valence-electron chi connectivity index (χ3n) is 4.07. The van der Waals surface area contributed by atoms with Crippen LogP contribution in [0.1, 0.15) is 18.5 Å². The van der Waals surface area contributed by atoms with E-state index in [1.54, 1.807) is 12.3 Å². The van der Waals surface area contributed by atoms with Gasteiger partial charge in [-0.15, -0.1) is 4.31 Å². The third kappa shape index (κ3) is 6.47. The normalized spacial score (nSPS) is 19.6. The molecular formula is C17H25F2N3O2S. The summed E-state index contributed by atoms with van der Waals surface area (Å²) in [7, 11) is 0. The van der Waals surface area contributed by atoms with Gasteiger partial charge in [0.15, 0.2) is 0 Å². The van der Waals surface area contributed by atoms with Crippen LogP contribution in [0.3, 0.4) is 0 Å². The van der Waals surface area contributed by atoms with Gasteiger partial charge in [-0.25, -0.2) is 0 Å². The summed E-state index contributed by atoms with van der Waals surface area (Å²) in [5.74, 6) is 0. The van der Waals surface area contributed by atoms with Gasteiger partial charge in [-0.2, -0.15) is 8.78 Å². The molecule has 0 spiro atoms. The quantitative estimate of drug-likeness (QED) is 0.700. The average molecular weight is 373 g/mol. The predicted octanol–water partition coefficient (Wildman–Crippen LogP) is 0.985. The van der Waals surface area contributed by atoms with Crippen molar-refractivity contribution in [1.29, 1.82) is 0 Å². The lowest BCUT2D eigenvalue weighted by Gasteiger charge is -2.31. The molecule has 2 rings (SSSR count). The summed E-state index contributed by atoms with van der Waals surface area (Å²) in [6.45, 7) is 4.59. The number of nitrogens with one attached hydrogen (secondary N) is 2. The second kappa shape index (κ2) is 9.38. The van der Waals surface area contributed by atoms with Crippen molar-refractivity contribution < 1.29 is 18.1 Å². The van der Waals surface area contributed by atoms with Crippen LogP contribution in [0.25, 0.3) is 12.2 Å². The minimum absolute atomic E-state index is 0.150. The molecule has 8 heteroatoms. The fourth-order valence-corrected chi connectivity index (χ4v) is 3.59. The van der Waals surface area contributed by atoms with Gasteiger partial charge in [-0.1, -0.05) is 6.58 Å². The summed E-state index contributed by atoms with van der Waals surface area (Å²) in [5, 5.41) is 4.99. The van der Waals surface area contributed by atoms with E-state index < -0.39 is 18.0 Å². The lowest BCUT2D eigenvalue weighted by molar-refractivity contribution is -0.116. The van der Waals surface area contributed by atoms with Crippen molar-refractivity contribution >= 4 is 23.5 Å². The van der Waals surface area contributed by atoms with E-state index in [2.05, 4.69) is 21.6 Å². The fraction of sp³-hybridized carbons (Fsp3) is 0.529. The van der Waals surface area contributed by atoms with E-state index in [4.69, 9.17) is 0 Å². The molecule has 1 fully saturated rings. The molecular weight excluding hydrogens is 348 g/mol. The van der Waals surface area contributed by atoms with Gasteiger partial charge in [0.05, 0.1) is 6.61 Å². The molecule has 0 aromatic carbocycles. The molecule has 0 aliphatic carbocycles. The number of piperidine rings is 1. The third-order valence-corrected chi connectivity index (χ3v) is 5.16. The van der Waals surface area contributed by atoms with E-state index >= 15 is 0 Å². The Morgan fingerprint density at radius 3 is 2.84 bits per heavy atom. The molecule has 5 nitrogen and oxygen atoms in total. The first-order chi connectivity index (χ1) is 11.8. The SMILES string of the molecule is C=C(/C=c1/[nH]c(C)c/c1=C/COC(F)F)NC1CCN([S+](C)[O-])CC1. The minimum Gasteiger partial charge on any atom is -0.598 e. The standard InChI is InChI=1S/C17H25F2N3O2S/c1-12-10-14(6-9-24-17(18)19)16(21-12)11-13(2)20-15-4-7-22(8-5-15)25(3)23/h6,10-11,15,17,20-21H,2,4-5,7-9H2,1,3H3/b14-6-,16-11+. The van der Waals surface area contributed by atoms with Crippen molar-refractivity contribution in [2.75, 3.05) is 26.0 Å². The zero-order chi connectivity index (χ0) is 18.4. The van der Waals surface area contributed by atoms with Crippen LogP contribution >= 0.6 is 0 Å². The monoisotopic (exact) mass is 373 g/mol. The minimum atomic E-state index is -2.77. The lowest BCUT2D eigenvalue weighted by atomic mass is 10.1. The number of aromatic amines is 1. The molecule has 1 atom stereocenters. The topological polar surface area (TPSA) is 63.3 Å². The number of H-pyrrole nitrogens is 1. The first-order valence-electron chi connectivity index (χ1n) is 8.16. The second-order valence-electron chi connectivity index (χ2n) is 6.06. The molecule has 0 saturated carbocycles. The van der Waals surface area contributed by atoms with Gasteiger partial charge < -0.3 is 19.6 Å². The Morgan fingerprint density at radius 1 is 1.56 bits per heavy atom. The van der Waals surface area contributed by atoms with Gasteiger partial charge in [0.1, 0.15) is 6.26 Å². The number of ether oxygens (including phenoxy) is 1. The maximum absolute atomic E-state index is 12.1. The number of hydrogen-bond donors (Lipinski definition) is 2. The number of aryl methyl sites for hydroxylation is 1. The summed E-state index contributed by atoms with van der Waals surface area (Å²) < 4.78 is 41.9. The number of rotatable bonds is 7. The highest BCUT2D eigenvalue weighted by Crippen LogP contribution is 2.14. The number of halogens is 2. The molecule has 1 aromatic heterocycles. The molecule has 0 bridgehead atoms. The largest absolute Gasteiger partial charge is 0.598 e. The van der Waals surface area contributed by atoms with Crippen LogP contribution in [0.2, 0.25) is 0 Å². The first kappa shape index (κ1) is 20.0. The summed E-state index contributed by atoms with van der Waals surface area (Å²) in [4.78, 5) is 3.19. The number of hydrogen-bond acceptors (Lipinski definition) is 4. The summed E-state index contributed by atoms with van der Waals surface area (Å²) in [5.41, 5.74) is 1.68. The highest BCUT2D eigenvalue weighted by Gasteiger charge is 2.24. The Labute approximate surface area is 149 Å². The summed E-state index contributed by atoms with van der Waals surface area (Å²) in [6, 6.07) is 2.16. The lowest BCUT2D eigenvalue weighted by Crippen LogP contribution is -2.44. The van der Waals surface area contributed by atoms with E-state index in [1.807, 2.05) is 23.4 Å². The maximum Gasteiger partial charge on any atom is 0.345 e. The van der Waals surface area contributed by atoms with Crippen LogP contribution in [0.15, 0.2) is 18.3 Å². The van der Waals surface area contributed by atoms with Crippen LogP contribution in [0, 0.1) is 6.92 Å². The number of nitrogens with zero attached hydrogens (tertiary/aromatic N) is 1. The first-order valence-corrected chi connectivity index (χ1v) is 9.68. The molecule has 140 valence electrons. The molecule has 2 N–H and O–H groups in total. The van der Waals surface area contributed by atoms with Crippen molar-refractivity contribution in [2.45, 2.75) is 32.4 Å². The second-order valence-corrected chi connectivity index (χ2v) is 7.42. The Morgan fingerprint density at radius 2 is 2.24 bits per heavy atom. The average Bonchev–Trinajstić information content (AvgIpc) is 2.86. The smallest absolute Gasteiger partial charge is 0.345 e. The van der Waals surface area contributed by atoms with Crippen LogP contribution < -0.4 is 15.9 Å². The summed E-state index contributed by atoms with van der Waals surface area (Å²) >= 11 is -0.917. The number of alkyl halides is 2. The molecule has 1 aliphatic rings. The predicted molar refractivity (Wildman–Crippen MR) is 96.6 cm³/mol. The Hall–Kier alpha value is -1.35. The molecule has 2 heterocycles. The molecule has 1 aliphatic heterocycles. The van der Waals surface area contributed by atoms with Gasteiger partial charge >= 0.3 is 6.61 Å². The van der Waals surface area contributed by atoms with Crippen LogP contribution in [-0.2, 0) is 16.1 Å². The van der Waals surface area contributed by atoms with Crippen molar-refractivity contribution in [3.05, 3.63) is 34.6 Å². The number of aromatic nitrogens is 1. The van der Waals surface area contributed by atoms with E-state index in [9.17, 15) is 13.3 Å². The Bertz CT molecular complexity index is 683. The van der Waals surface area contributed by atoms with Crippen LogP contribution in [-0.4, -0.2) is 52.4 Å². The maximum atomic E-state index is 12.1. The van der Waals surface area contributed by atoms with Crippen molar-refractivity contribution in [3.63, 3.8) is 0 Å². The van der Waals surface area contributed by atoms with E-state index in [-0.39, 0.29) is 12.6 Å². The van der Waals surface area contributed by atoms with Crippen LogP contribution in [0.5, 0.6) is 0 Å². The highest BCUT2D eigenvalue weighted by atomic mass is 32.2. The zero-order valence-electron chi connectivity index (χ0n) is 14.6. The zero-order valence-corrected chi connectivity index (χ0v) is 15.4. The van der Waals surface area contributed by atoms with Gasteiger partial charge in [0.25, 0.3) is 0 Å². The Balaban J connectivity index is 1.99. The van der Waals surface area contributed by atoms with Gasteiger partial charge in [-0.3, -0.25) is 0 Å². The van der Waals surface area contributed by atoms with Gasteiger partial charge in [0.2, 0.25) is 0 Å². The number of allylic oxidation sites excluding steroid dienone is 1. The molecule has 0 radical (unpaired) electrons. The van der Waals surface area contributed by atoms with Crippen molar-refractivity contribution in [2.24, 2.45) is 0 Å². The van der Waals surface area contributed by atoms with E-state index in [0.717, 1.165) is 47.9 Å². The van der Waals surface area contributed by atoms with E-state index in [0.29, 0.717) is 0 Å². The molecule has 25 heavy (non-hydrogen) atoms. The van der Waals surface area contributed by atoms with Crippen molar-refractivity contribution in [1.82, 2.24) is 14.6 Å². The molecule has 1 saturated heterocycles. The Kier molecular flexibility index (Phi) is 7.49. The summed E-state index contributed by atoms with van der Waals surface area (Å²) in [6.07, 6.45) is 6.98. The molecule has 1 aromatic rings. The van der Waals surface area contributed by atoms with Crippen LogP contribution in [0.4, 0.5) is 8.78 Å². The van der Waals surface area contributed by atoms with Gasteiger partial charge in [-0.05, 0) is 43.2 Å². The highest BCUT2D eigenvalue weighted by molar-refractivity contribution is 7.88.